The minimum atomic E-state index is -0.383. The van der Waals surface area contributed by atoms with Crippen molar-refractivity contribution in [3.63, 3.8) is 0 Å². The third kappa shape index (κ3) is 5.20. The lowest BCUT2D eigenvalue weighted by Crippen LogP contribution is -2.35. The van der Waals surface area contributed by atoms with Crippen LogP contribution in [0.15, 0.2) is 18.2 Å². The van der Waals surface area contributed by atoms with Crippen LogP contribution in [0.25, 0.3) is 11.3 Å². The first-order valence-corrected chi connectivity index (χ1v) is 10.7. The van der Waals surface area contributed by atoms with Crippen LogP contribution in [0.1, 0.15) is 31.7 Å². The van der Waals surface area contributed by atoms with Crippen molar-refractivity contribution in [2.24, 2.45) is 0 Å². The predicted molar refractivity (Wildman–Crippen MR) is 116 cm³/mol. The Morgan fingerprint density at radius 1 is 1.20 bits per heavy atom. The fourth-order valence-corrected chi connectivity index (χ4v) is 3.70. The fourth-order valence-electron chi connectivity index (χ4n) is 3.44. The molecule has 0 radical (unpaired) electrons. The lowest BCUT2D eigenvalue weighted by Gasteiger charge is -2.22. The topological polar surface area (TPSA) is 65.5 Å². The molecule has 1 aromatic carbocycles. The molecule has 2 aromatic rings. The van der Waals surface area contributed by atoms with Gasteiger partial charge in [-0.1, -0.05) is 25.4 Å². The molecule has 1 aliphatic rings. The molecule has 3 rings (SSSR count). The second-order valence-electron chi connectivity index (χ2n) is 7.11. The van der Waals surface area contributed by atoms with E-state index in [0.717, 1.165) is 28.5 Å². The van der Waals surface area contributed by atoms with E-state index in [-0.39, 0.29) is 18.8 Å². The molecule has 2 heterocycles. The van der Waals surface area contributed by atoms with Crippen LogP contribution >= 0.6 is 11.6 Å². The van der Waals surface area contributed by atoms with Gasteiger partial charge in [0.1, 0.15) is 17.7 Å². The maximum Gasteiger partial charge on any atom is 0.148 e. The summed E-state index contributed by atoms with van der Waals surface area (Å²) in [6.45, 7) is 5.08. The molecule has 0 saturated carbocycles. The Bertz CT molecular complexity index is 853. The SMILES string of the molecule is CCc1nc(-c2ccc(OC)cc2Cl)c(CC)nc1N[C@@H]1COC[C@@H]1OCCCF. The van der Waals surface area contributed by atoms with Crippen LogP contribution in [-0.2, 0) is 22.3 Å². The van der Waals surface area contributed by atoms with Gasteiger partial charge in [0, 0.05) is 12.2 Å². The van der Waals surface area contributed by atoms with Crippen molar-refractivity contribution in [3.05, 3.63) is 34.6 Å². The van der Waals surface area contributed by atoms with E-state index in [0.29, 0.717) is 49.9 Å². The largest absolute Gasteiger partial charge is 0.497 e. The standard InChI is InChI=1S/C22H29ClFN3O3/c1-4-17-21(15-8-7-14(28-3)11-16(15)23)25-18(5-2)22(26-17)27-19-12-29-13-20(19)30-10-6-9-24/h7-8,11,19-20H,4-6,9-10,12-13H2,1-3H3,(H,26,27)/t19-,20+/m1/s1. The smallest absolute Gasteiger partial charge is 0.148 e. The molecular weight excluding hydrogens is 409 g/mol. The number of benzene rings is 1. The zero-order chi connectivity index (χ0) is 21.5. The summed E-state index contributed by atoms with van der Waals surface area (Å²) in [7, 11) is 1.61. The zero-order valence-electron chi connectivity index (χ0n) is 17.7. The average Bonchev–Trinajstić information content (AvgIpc) is 3.20. The highest BCUT2D eigenvalue weighted by molar-refractivity contribution is 6.33. The van der Waals surface area contributed by atoms with E-state index < -0.39 is 0 Å². The number of alkyl halides is 1. The lowest BCUT2D eigenvalue weighted by molar-refractivity contribution is 0.0361. The van der Waals surface area contributed by atoms with Gasteiger partial charge in [-0.2, -0.15) is 0 Å². The molecule has 6 nitrogen and oxygen atoms in total. The van der Waals surface area contributed by atoms with Gasteiger partial charge >= 0.3 is 0 Å². The van der Waals surface area contributed by atoms with Crippen LogP contribution < -0.4 is 10.1 Å². The number of methoxy groups -OCH3 is 1. The molecule has 1 saturated heterocycles. The molecule has 30 heavy (non-hydrogen) atoms. The second-order valence-corrected chi connectivity index (χ2v) is 7.51. The fraction of sp³-hybridized carbons (Fsp3) is 0.545. The maximum atomic E-state index is 12.4. The number of aryl methyl sites for hydroxylation is 2. The summed E-state index contributed by atoms with van der Waals surface area (Å²) in [4.78, 5) is 9.79. The molecule has 0 aliphatic carbocycles. The van der Waals surface area contributed by atoms with E-state index in [9.17, 15) is 4.39 Å². The Hall–Kier alpha value is -1.96. The van der Waals surface area contributed by atoms with Crippen molar-refractivity contribution in [1.29, 1.82) is 0 Å². The second kappa shape index (κ2) is 10.9. The van der Waals surface area contributed by atoms with Crippen molar-refractivity contribution in [3.8, 4) is 17.0 Å². The minimum absolute atomic E-state index is 0.0515. The molecule has 8 heteroatoms. The highest BCUT2D eigenvalue weighted by Crippen LogP contribution is 2.33. The summed E-state index contributed by atoms with van der Waals surface area (Å²) in [5, 5.41) is 4.03. The van der Waals surface area contributed by atoms with E-state index in [2.05, 4.69) is 5.32 Å². The monoisotopic (exact) mass is 437 g/mol. The van der Waals surface area contributed by atoms with Crippen molar-refractivity contribution < 1.29 is 18.6 Å². The molecule has 1 N–H and O–H groups in total. The van der Waals surface area contributed by atoms with Crippen molar-refractivity contribution in [2.45, 2.75) is 45.3 Å². The average molecular weight is 438 g/mol. The quantitative estimate of drug-likeness (QED) is 0.552. The molecule has 0 unspecified atom stereocenters. The van der Waals surface area contributed by atoms with Gasteiger partial charge in [0.05, 0.1) is 55.1 Å². The number of hydrogen-bond acceptors (Lipinski definition) is 6. The van der Waals surface area contributed by atoms with Gasteiger partial charge in [-0.15, -0.1) is 0 Å². The van der Waals surface area contributed by atoms with Gasteiger partial charge in [0.2, 0.25) is 0 Å². The van der Waals surface area contributed by atoms with Gasteiger partial charge in [0.25, 0.3) is 0 Å². The summed E-state index contributed by atoms with van der Waals surface area (Å²) < 4.78 is 29.0. The van der Waals surface area contributed by atoms with Crippen LogP contribution in [0.5, 0.6) is 5.75 Å². The normalized spacial score (nSPS) is 18.6. The van der Waals surface area contributed by atoms with Crippen molar-refractivity contribution >= 4 is 17.4 Å². The first-order valence-electron chi connectivity index (χ1n) is 10.4. The zero-order valence-corrected chi connectivity index (χ0v) is 18.5. The van der Waals surface area contributed by atoms with Crippen LogP contribution in [0.2, 0.25) is 5.02 Å². The van der Waals surface area contributed by atoms with Gasteiger partial charge < -0.3 is 19.5 Å². The molecular formula is C22H29ClFN3O3. The van der Waals surface area contributed by atoms with Crippen LogP contribution in [-0.4, -0.2) is 55.7 Å². The third-order valence-corrected chi connectivity index (χ3v) is 5.41. The number of ether oxygens (including phenoxy) is 3. The van der Waals surface area contributed by atoms with E-state index in [4.69, 9.17) is 35.8 Å². The van der Waals surface area contributed by atoms with E-state index in [1.807, 2.05) is 26.0 Å². The molecule has 164 valence electrons. The number of aromatic nitrogens is 2. The summed E-state index contributed by atoms with van der Waals surface area (Å²) in [6, 6.07) is 5.51. The maximum absolute atomic E-state index is 12.4. The number of rotatable bonds is 10. The molecule has 1 aliphatic heterocycles. The number of anilines is 1. The summed E-state index contributed by atoms with van der Waals surface area (Å²) in [5.74, 6) is 1.43. The minimum Gasteiger partial charge on any atom is -0.497 e. The number of nitrogens with zero attached hydrogens (tertiary/aromatic N) is 2. The Kier molecular flexibility index (Phi) is 8.24. The highest BCUT2D eigenvalue weighted by atomic mass is 35.5. The van der Waals surface area contributed by atoms with Gasteiger partial charge in [-0.05, 0) is 37.5 Å². The summed E-state index contributed by atoms with van der Waals surface area (Å²) >= 11 is 6.50. The highest BCUT2D eigenvalue weighted by Gasteiger charge is 2.30. The number of hydrogen-bond donors (Lipinski definition) is 1. The Morgan fingerprint density at radius 3 is 2.67 bits per heavy atom. The molecule has 1 fully saturated rings. The molecule has 0 amide bonds. The first-order chi connectivity index (χ1) is 14.6. The summed E-state index contributed by atoms with van der Waals surface area (Å²) in [5.41, 5.74) is 3.32. The number of halogens is 2. The Morgan fingerprint density at radius 2 is 2.00 bits per heavy atom. The van der Waals surface area contributed by atoms with Crippen molar-refractivity contribution in [1.82, 2.24) is 9.97 Å². The first kappa shape index (κ1) is 22.7. The van der Waals surface area contributed by atoms with E-state index in [1.165, 1.54) is 0 Å². The molecule has 1 aromatic heterocycles. The van der Waals surface area contributed by atoms with E-state index in [1.54, 1.807) is 13.2 Å². The number of nitrogens with one attached hydrogen (secondary N) is 1. The van der Waals surface area contributed by atoms with Crippen LogP contribution in [0.3, 0.4) is 0 Å². The molecule has 2 atom stereocenters. The molecule has 0 spiro atoms. The van der Waals surface area contributed by atoms with Crippen LogP contribution in [0.4, 0.5) is 10.2 Å². The summed E-state index contributed by atoms with van der Waals surface area (Å²) in [6.07, 6.45) is 1.67. The molecule has 0 bridgehead atoms. The van der Waals surface area contributed by atoms with Gasteiger partial charge in [-0.3, -0.25) is 4.39 Å². The third-order valence-electron chi connectivity index (χ3n) is 5.10. The van der Waals surface area contributed by atoms with E-state index >= 15 is 0 Å². The van der Waals surface area contributed by atoms with Gasteiger partial charge in [0.15, 0.2) is 0 Å². The Balaban J connectivity index is 1.88. The van der Waals surface area contributed by atoms with Crippen molar-refractivity contribution in [2.75, 3.05) is 38.9 Å². The van der Waals surface area contributed by atoms with Crippen LogP contribution in [0, 0.1) is 0 Å². The van der Waals surface area contributed by atoms with Gasteiger partial charge in [-0.25, -0.2) is 9.97 Å². The predicted octanol–water partition coefficient (Wildman–Crippen LogP) is 4.49. The lowest BCUT2D eigenvalue weighted by atomic mass is 10.1. The Labute approximate surface area is 182 Å².